The van der Waals surface area contributed by atoms with Crippen molar-refractivity contribution >= 4 is 34.1 Å². The normalized spacial score (nSPS) is 13.6. The van der Waals surface area contributed by atoms with Gasteiger partial charge in [0.1, 0.15) is 11.6 Å². The number of hydrogen-bond donors (Lipinski definition) is 1. The number of carbonyl (C=O) groups is 2. The van der Waals surface area contributed by atoms with E-state index in [2.05, 4.69) is 15.4 Å². The molecule has 1 aliphatic rings. The van der Waals surface area contributed by atoms with E-state index >= 15 is 4.39 Å². The third-order valence-electron chi connectivity index (χ3n) is 5.90. The molecular weight excluding hydrogens is 440 g/mol. The summed E-state index contributed by atoms with van der Waals surface area (Å²) in [5, 5.41) is 6.92. The quantitative estimate of drug-likeness (QED) is 0.464. The molecule has 5 rings (SSSR count). The summed E-state index contributed by atoms with van der Waals surface area (Å²) in [6.07, 6.45) is 3.68. The summed E-state index contributed by atoms with van der Waals surface area (Å²) in [7, 11) is 0. The van der Waals surface area contributed by atoms with E-state index in [0.29, 0.717) is 36.2 Å². The molecule has 34 heavy (non-hydrogen) atoms. The number of aryl methyl sites for hydroxylation is 1. The van der Waals surface area contributed by atoms with E-state index in [1.165, 1.54) is 6.20 Å². The van der Waals surface area contributed by atoms with E-state index < -0.39 is 17.5 Å². The van der Waals surface area contributed by atoms with Crippen LogP contribution in [0.2, 0.25) is 0 Å². The first kappa shape index (κ1) is 21.7. The van der Waals surface area contributed by atoms with Crippen LogP contribution in [0.3, 0.4) is 0 Å². The molecule has 1 N–H and O–H groups in total. The summed E-state index contributed by atoms with van der Waals surface area (Å²) in [5.74, 6) is -1.76. The maximum atomic E-state index is 15.8. The number of amides is 2. The van der Waals surface area contributed by atoms with Crippen molar-refractivity contribution < 1.29 is 18.4 Å². The number of nitrogens with zero attached hydrogens (tertiary/aromatic N) is 4. The minimum atomic E-state index is -0.663. The van der Waals surface area contributed by atoms with Gasteiger partial charge in [0.15, 0.2) is 5.69 Å². The summed E-state index contributed by atoms with van der Waals surface area (Å²) in [6.45, 7) is 2.95. The summed E-state index contributed by atoms with van der Waals surface area (Å²) in [4.78, 5) is 30.4. The number of anilines is 2. The number of benzene rings is 2. The summed E-state index contributed by atoms with van der Waals surface area (Å²) >= 11 is 0. The highest BCUT2D eigenvalue weighted by Crippen LogP contribution is 2.33. The summed E-state index contributed by atoms with van der Waals surface area (Å²) < 4.78 is 30.8. The van der Waals surface area contributed by atoms with Gasteiger partial charge in [-0.1, -0.05) is 12.1 Å². The van der Waals surface area contributed by atoms with Gasteiger partial charge in [0, 0.05) is 36.8 Å². The maximum absolute atomic E-state index is 15.8. The molecule has 4 aromatic rings. The standard InChI is InChI=1S/C25H21F2N5O2/c1-2-32-20-10-9-19(15-5-7-18(8-6-15)31-11-3-4-21(31)33)23(27)22(20)24(30-32)25(34)29-17-12-16(26)13-28-14-17/h5-10,12-14H,2-4,11H2,1H3,(H,29,34). The molecule has 7 nitrogen and oxygen atoms in total. The molecule has 1 saturated heterocycles. The smallest absolute Gasteiger partial charge is 0.276 e. The Morgan fingerprint density at radius 1 is 1.12 bits per heavy atom. The SMILES string of the molecule is CCn1nc(C(=O)Nc2cncc(F)c2)c2c(F)c(-c3ccc(N4CCCC4=O)cc3)ccc21. The Bertz CT molecular complexity index is 1420. The van der Waals surface area contributed by atoms with Gasteiger partial charge in [-0.2, -0.15) is 5.10 Å². The molecule has 0 aliphatic carbocycles. The Hall–Kier alpha value is -4.14. The molecule has 0 atom stereocenters. The second-order valence-electron chi connectivity index (χ2n) is 8.03. The molecule has 3 heterocycles. The number of halogens is 2. The average Bonchev–Trinajstić information content (AvgIpc) is 3.43. The van der Waals surface area contributed by atoms with Crippen molar-refractivity contribution in [2.45, 2.75) is 26.3 Å². The number of pyridine rings is 1. The van der Waals surface area contributed by atoms with Crippen LogP contribution in [0.1, 0.15) is 30.3 Å². The van der Waals surface area contributed by atoms with Crippen LogP contribution in [0.25, 0.3) is 22.0 Å². The fourth-order valence-electron chi connectivity index (χ4n) is 4.27. The number of hydrogen-bond acceptors (Lipinski definition) is 4. The lowest BCUT2D eigenvalue weighted by atomic mass is 10.0. The van der Waals surface area contributed by atoms with E-state index in [0.717, 1.165) is 24.4 Å². The van der Waals surface area contributed by atoms with E-state index in [1.54, 1.807) is 46.0 Å². The second kappa shape index (κ2) is 8.66. The summed E-state index contributed by atoms with van der Waals surface area (Å²) in [6, 6.07) is 11.6. The number of aromatic nitrogens is 3. The zero-order chi connectivity index (χ0) is 23.8. The highest BCUT2D eigenvalue weighted by atomic mass is 19.1. The average molecular weight is 461 g/mol. The van der Waals surface area contributed by atoms with Crippen LogP contribution in [0.4, 0.5) is 20.2 Å². The molecule has 172 valence electrons. The van der Waals surface area contributed by atoms with Crippen molar-refractivity contribution in [1.82, 2.24) is 14.8 Å². The summed E-state index contributed by atoms with van der Waals surface area (Å²) in [5.41, 5.74) is 2.22. The lowest BCUT2D eigenvalue weighted by Crippen LogP contribution is -2.23. The van der Waals surface area contributed by atoms with Crippen molar-refractivity contribution in [3.8, 4) is 11.1 Å². The lowest BCUT2D eigenvalue weighted by molar-refractivity contribution is -0.117. The fraction of sp³-hybridized carbons (Fsp3) is 0.200. The number of fused-ring (bicyclic) bond motifs is 1. The van der Waals surface area contributed by atoms with Gasteiger partial charge in [-0.3, -0.25) is 19.3 Å². The fourth-order valence-corrected chi connectivity index (χ4v) is 4.27. The molecule has 1 fully saturated rings. The monoisotopic (exact) mass is 461 g/mol. The van der Waals surface area contributed by atoms with Crippen LogP contribution >= 0.6 is 0 Å². The predicted octanol–water partition coefficient (Wildman–Crippen LogP) is 4.78. The van der Waals surface area contributed by atoms with Crippen LogP contribution in [0.5, 0.6) is 0 Å². The highest BCUT2D eigenvalue weighted by molar-refractivity contribution is 6.12. The zero-order valence-electron chi connectivity index (χ0n) is 18.4. The van der Waals surface area contributed by atoms with Gasteiger partial charge < -0.3 is 10.2 Å². The molecule has 0 radical (unpaired) electrons. The van der Waals surface area contributed by atoms with Gasteiger partial charge in [0.05, 0.1) is 29.0 Å². The Morgan fingerprint density at radius 3 is 2.59 bits per heavy atom. The lowest BCUT2D eigenvalue weighted by Gasteiger charge is -2.16. The van der Waals surface area contributed by atoms with Crippen LogP contribution < -0.4 is 10.2 Å². The van der Waals surface area contributed by atoms with Crippen molar-refractivity contribution in [3.05, 3.63) is 72.2 Å². The molecule has 2 amide bonds. The molecule has 0 saturated carbocycles. The minimum absolute atomic E-state index is 0.0801. The molecular formula is C25H21F2N5O2. The minimum Gasteiger partial charge on any atom is -0.319 e. The highest BCUT2D eigenvalue weighted by Gasteiger charge is 2.24. The predicted molar refractivity (Wildman–Crippen MR) is 125 cm³/mol. The molecule has 2 aromatic heterocycles. The van der Waals surface area contributed by atoms with Gasteiger partial charge >= 0.3 is 0 Å². The Balaban J connectivity index is 1.54. The first-order valence-electron chi connectivity index (χ1n) is 11.0. The third-order valence-corrected chi connectivity index (χ3v) is 5.90. The number of carbonyl (C=O) groups excluding carboxylic acids is 2. The van der Waals surface area contributed by atoms with Crippen LogP contribution in [0.15, 0.2) is 54.9 Å². The van der Waals surface area contributed by atoms with Crippen molar-refractivity contribution in [2.24, 2.45) is 0 Å². The third kappa shape index (κ3) is 3.79. The largest absolute Gasteiger partial charge is 0.319 e. The van der Waals surface area contributed by atoms with Crippen molar-refractivity contribution in [2.75, 3.05) is 16.8 Å². The molecule has 0 bridgehead atoms. The van der Waals surface area contributed by atoms with Gasteiger partial charge in [0.25, 0.3) is 5.91 Å². The molecule has 2 aromatic carbocycles. The van der Waals surface area contributed by atoms with E-state index in [9.17, 15) is 14.0 Å². The second-order valence-corrected chi connectivity index (χ2v) is 8.03. The van der Waals surface area contributed by atoms with Crippen LogP contribution in [-0.2, 0) is 11.3 Å². The van der Waals surface area contributed by atoms with E-state index in [-0.39, 0.29) is 22.7 Å². The molecule has 0 unspecified atom stereocenters. The Labute approximate surface area is 194 Å². The zero-order valence-corrected chi connectivity index (χ0v) is 18.4. The molecule has 0 spiro atoms. The van der Waals surface area contributed by atoms with Crippen LogP contribution in [0, 0.1) is 11.6 Å². The topological polar surface area (TPSA) is 80.1 Å². The number of rotatable bonds is 5. The molecule has 9 heteroatoms. The number of nitrogens with one attached hydrogen (secondary N) is 1. The van der Waals surface area contributed by atoms with E-state index in [1.807, 2.05) is 6.92 Å². The van der Waals surface area contributed by atoms with E-state index in [4.69, 9.17) is 0 Å². The van der Waals surface area contributed by atoms with Gasteiger partial charge in [-0.25, -0.2) is 8.78 Å². The first-order valence-corrected chi connectivity index (χ1v) is 11.0. The Morgan fingerprint density at radius 2 is 1.91 bits per heavy atom. The van der Waals surface area contributed by atoms with Crippen molar-refractivity contribution in [1.29, 1.82) is 0 Å². The van der Waals surface area contributed by atoms with Gasteiger partial charge in [-0.15, -0.1) is 0 Å². The van der Waals surface area contributed by atoms with Gasteiger partial charge in [-0.05, 0) is 43.2 Å². The van der Waals surface area contributed by atoms with Crippen LogP contribution in [-0.4, -0.2) is 33.1 Å². The molecule has 1 aliphatic heterocycles. The maximum Gasteiger partial charge on any atom is 0.276 e. The first-order chi connectivity index (χ1) is 16.5. The Kier molecular flexibility index (Phi) is 5.53. The van der Waals surface area contributed by atoms with Crippen molar-refractivity contribution in [3.63, 3.8) is 0 Å². The van der Waals surface area contributed by atoms with Gasteiger partial charge in [0.2, 0.25) is 5.91 Å².